The minimum absolute atomic E-state index is 0.454. The van der Waals surface area contributed by atoms with Crippen LogP contribution in [0.1, 0.15) is 0 Å². The molecule has 1 atom stereocenters. The van der Waals surface area contributed by atoms with E-state index in [1.54, 1.807) is 29.4 Å². The molecule has 1 aromatic heterocycles. The van der Waals surface area contributed by atoms with Crippen LogP contribution < -0.4 is 10.6 Å². The molecule has 2 rings (SSSR count). The standard InChI is InChI=1S/C11H11N3O/c12-9-4-3-7-14(10(9)8-15)11-5-1-2-6-13-11/h1-8,10H,12H2. The van der Waals surface area contributed by atoms with Crippen molar-refractivity contribution in [2.24, 2.45) is 5.73 Å². The summed E-state index contributed by atoms with van der Waals surface area (Å²) in [6.45, 7) is 0. The smallest absolute Gasteiger partial charge is 0.148 e. The molecular weight excluding hydrogens is 190 g/mol. The molecule has 0 aliphatic carbocycles. The molecule has 4 nitrogen and oxygen atoms in total. The molecule has 2 heterocycles. The molecule has 0 saturated carbocycles. The number of carbonyl (C=O) groups excluding carboxylic acids is 1. The van der Waals surface area contributed by atoms with E-state index in [2.05, 4.69) is 4.98 Å². The fourth-order valence-corrected chi connectivity index (χ4v) is 1.47. The molecule has 0 spiro atoms. The first-order valence-electron chi connectivity index (χ1n) is 4.61. The number of anilines is 1. The normalized spacial score (nSPS) is 19.9. The van der Waals surface area contributed by atoms with Crippen molar-refractivity contribution in [3.05, 3.63) is 48.4 Å². The molecule has 4 heteroatoms. The Balaban J connectivity index is 2.34. The number of rotatable bonds is 2. The molecule has 0 bridgehead atoms. The minimum atomic E-state index is -0.454. The first-order valence-corrected chi connectivity index (χ1v) is 4.61. The van der Waals surface area contributed by atoms with Crippen LogP contribution in [0.25, 0.3) is 0 Å². The number of aldehydes is 1. The second-order valence-corrected chi connectivity index (χ2v) is 3.18. The van der Waals surface area contributed by atoms with Crippen LogP contribution in [-0.2, 0) is 4.79 Å². The molecule has 15 heavy (non-hydrogen) atoms. The average molecular weight is 201 g/mol. The van der Waals surface area contributed by atoms with Gasteiger partial charge in [-0.15, -0.1) is 0 Å². The summed E-state index contributed by atoms with van der Waals surface area (Å²) in [5.74, 6) is 0.710. The molecule has 76 valence electrons. The Bertz CT molecular complexity index is 411. The molecular formula is C11H11N3O. The lowest BCUT2D eigenvalue weighted by Gasteiger charge is -2.28. The highest BCUT2D eigenvalue weighted by molar-refractivity contribution is 5.72. The fourth-order valence-electron chi connectivity index (χ4n) is 1.47. The van der Waals surface area contributed by atoms with Crippen molar-refractivity contribution < 1.29 is 4.79 Å². The Kier molecular flexibility index (Phi) is 2.49. The van der Waals surface area contributed by atoms with Crippen molar-refractivity contribution in [3.8, 4) is 0 Å². The number of hydrogen-bond donors (Lipinski definition) is 1. The summed E-state index contributed by atoms with van der Waals surface area (Å²) < 4.78 is 0. The van der Waals surface area contributed by atoms with E-state index in [0.29, 0.717) is 11.5 Å². The monoisotopic (exact) mass is 201 g/mol. The van der Waals surface area contributed by atoms with Gasteiger partial charge in [0.25, 0.3) is 0 Å². The van der Waals surface area contributed by atoms with E-state index in [1.165, 1.54) is 0 Å². The van der Waals surface area contributed by atoms with Gasteiger partial charge in [0.05, 0.1) is 0 Å². The zero-order valence-electron chi connectivity index (χ0n) is 8.08. The third-order valence-electron chi connectivity index (χ3n) is 2.22. The molecule has 0 amide bonds. The second kappa shape index (κ2) is 3.96. The van der Waals surface area contributed by atoms with Gasteiger partial charge in [0.1, 0.15) is 18.1 Å². The summed E-state index contributed by atoms with van der Waals surface area (Å²) in [7, 11) is 0. The Morgan fingerprint density at radius 2 is 2.33 bits per heavy atom. The maximum atomic E-state index is 10.9. The van der Waals surface area contributed by atoms with Crippen molar-refractivity contribution >= 4 is 12.1 Å². The number of nitrogens with zero attached hydrogens (tertiary/aromatic N) is 2. The number of aromatic nitrogens is 1. The Hall–Kier alpha value is -2.10. The van der Waals surface area contributed by atoms with Crippen LogP contribution in [0.5, 0.6) is 0 Å². The van der Waals surface area contributed by atoms with E-state index >= 15 is 0 Å². The van der Waals surface area contributed by atoms with Gasteiger partial charge in [0, 0.05) is 18.1 Å². The maximum Gasteiger partial charge on any atom is 0.148 e. The number of carbonyl (C=O) groups is 1. The first kappa shape index (κ1) is 9.45. The lowest BCUT2D eigenvalue weighted by atomic mass is 10.1. The van der Waals surface area contributed by atoms with Gasteiger partial charge in [-0.3, -0.25) is 0 Å². The van der Waals surface area contributed by atoms with Crippen molar-refractivity contribution in [3.63, 3.8) is 0 Å². The Morgan fingerprint density at radius 3 is 3.00 bits per heavy atom. The van der Waals surface area contributed by atoms with Crippen LogP contribution >= 0.6 is 0 Å². The molecule has 0 aromatic carbocycles. The lowest BCUT2D eigenvalue weighted by Crippen LogP contribution is -2.38. The summed E-state index contributed by atoms with van der Waals surface area (Å²) in [5, 5.41) is 0. The van der Waals surface area contributed by atoms with Gasteiger partial charge in [-0.1, -0.05) is 6.07 Å². The van der Waals surface area contributed by atoms with Gasteiger partial charge in [-0.25, -0.2) is 4.98 Å². The summed E-state index contributed by atoms with van der Waals surface area (Å²) in [6.07, 6.45) is 7.80. The van der Waals surface area contributed by atoms with Crippen LogP contribution in [0, 0.1) is 0 Å². The van der Waals surface area contributed by atoms with Gasteiger partial charge in [-0.2, -0.15) is 0 Å². The number of allylic oxidation sites excluding steroid dienone is 2. The number of hydrogen-bond acceptors (Lipinski definition) is 4. The van der Waals surface area contributed by atoms with Crippen molar-refractivity contribution in [2.75, 3.05) is 4.90 Å². The van der Waals surface area contributed by atoms with Gasteiger partial charge in [0.15, 0.2) is 0 Å². The number of nitrogens with two attached hydrogens (primary N) is 1. The zero-order valence-corrected chi connectivity index (χ0v) is 8.08. The number of pyridine rings is 1. The molecule has 2 N–H and O–H groups in total. The van der Waals surface area contributed by atoms with Crippen LogP contribution in [0.3, 0.4) is 0 Å². The van der Waals surface area contributed by atoms with E-state index in [-0.39, 0.29) is 0 Å². The van der Waals surface area contributed by atoms with Gasteiger partial charge in [0.2, 0.25) is 0 Å². The first-order chi connectivity index (χ1) is 7.33. The molecule has 0 radical (unpaired) electrons. The van der Waals surface area contributed by atoms with Crippen molar-refractivity contribution in [1.29, 1.82) is 0 Å². The third-order valence-corrected chi connectivity index (χ3v) is 2.22. The van der Waals surface area contributed by atoms with Crippen molar-refractivity contribution in [2.45, 2.75) is 6.04 Å². The molecule has 1 unspecified atom stereocenters. The highest BCUT2D eigenvalue weighted by Gasteiger charge is 2.21. The van der Waals surface area contributed by atoms with Crippen molar-refractivity contribution in [1.82, 2.24) is 4.98 Å². The third kappa shape index (κ3) is 1.74. The topological polar surface area (TPSA) is 59.2 Å². The Morgan fingerprint density at radius 1 is 1.47 bits per heavy atom. The van der Waals surface area contributed by atoms with E-state index in [0.717, 1.165) is 6.29 Å². The molecule has 1 aliphatic rings. The van der Waals surface area contributed by atoms with E-state index < -0.39 is 6.04 Å². The summed E-state index contributed by atoms with van der Waals surface area (Å²) in [6, 6.07) is 5.07. The molecule has 0 saturated heterocycles. The van der Waals surface area contributed by atoms with E-state index in [4.69, 9.17) is 5.73 Å². The summed E-state index contributed by atoms with van der Waals surface area (Å²) in [5.41, 5.74) is 6.25. The molecule has 1 aliphatic heterocycles. The minimum Gasteiger partial charge on any atom is -0.400 e. The van der Waals surface area contributed by atoms with Crippen LogP contribution in [0.15, 0.2) is 48.4 Å². The lowest BCUT2D eigenvalue weighted by molar-refractivity contribution is -0.108. The fraction of sp³-hybridized carbons (Fsp3) is 0.0909. The average Bonchev–Trinajstić information content (AvgIpc) is 2.30. The van der Waals surface area contributed by atoms with E-state index in [9.17, 15) is 4.79 Å². The predicted molar refractivity (Wildman–Crippen MR) is 58.0 cm³/mol. The van der Waals surface area contributed by atoms with Crippen LogP contribution in [0.4, 0.5) is 5.82 Å². The predicted octanol–water partition coefficient (Wildman–Crippen LogP) is 0.825. The summed E-state index contributed by atoms with van der Waals surface area (Å²) in [4.78, 5) is 16.8. The summed E-state index contributed by atoms with van der Waals surface area (Å²) >= 11 is 0. The SMILES string of the molecule is NC1=CC=CN(c2ccccn2)C1C=O. The van der Waals surface area contributed by atoms with Crippen LogP contribution in [-0.4, -0.2) is 17.3 Å². The van der Waals surface area contributed by atoms with E-state index in [1.807, 2.05) is 18.2 Å². The Labute approximate surface area is 87.7 Å². The highest BCUT2D eigenvalue weighted by atomic mass is 16.1. The largest absolute Gasteiger partial charge is 0.400 e. The highest BCUT2D eigenvalue weighted by Crippen LogP contribution is 2.18. The second-order valence-electron chi connectivity index (χ2n) is 3.18. The maximum absolute atomic E-state index is 10.9. The molecule has 1 aromatic rings. The van der Waals surface area contributed by atoms with Crippen LogP contribution in [0.2, 0.25) is 0 Å². The van der Waals surface area contributed by atoms with Gasteiger partial charge < -0.3 is 15.4 Å². The van der Waals surface area contributed by atoms with Gasteiger partial charge in [-0.05, 0) is 24.3 Å². The quantitative estimate of drug-likeness (QED) is 0.720. The zero-order chi connectivity index (χ0) is 10.7. The molecule has 0 fully saturated rings. The van der Waals surface area contributed by atoms with Gasteiger partial charge >= 0.3 is 0 Å².